The first kappa shape index (κ1) is 24.3. The zero-order chi connectivity index (χ0) is 24.3. The highest BCUT2D eigenvalue weighted by atomic mass is 16.5. The summed E-state index contributed by atoms with van der Waals surface area (Å²) < 4.78 is 18.6. The molecule has 34 heavy (non-hydrogen) atoms. The quantitative estimate of drug-likeness (QED) is 0.626. The summed E-state index contributed by atoms with van der Waals surface area (Å²) in [7, 11) is 1.55. The van der Waals surface area contributed by atoms with Crippen molar-refractivity contribution in [2.45, 2.75) is 53.0 Å². The van der Waals surface area contributed by atoms with Crippen molar-refractivity contribution in [3.8, 4) is 5.75 Å². The fourth-order valence-corrected chi connectivity index (χ4v) is 5.05. The summed E-state index contributed by atoms with van der Waals surface area (Å²) in [5.74, 6) is 0.122. The molecular formula is C26H35N3O5. The maximum absolute atomic E-state index is 13.0. The third-order valence-electron chi connectivity index (χ3n) is 7.03. The molecule has 1 saturated heterocycles. The summed E-state index contributed by atoms with van der Waals surface area (Å²) in [6.07, 6.45) is 3.33. The van der Waals surface area contributed by atoms with Crippen molar-refractivity contribution >= 4 is 11.9 Å². The second kappa shape index (κ2) is 10.2. The van der Waals surface area contributed by atoms with Crippen molar-refractivity contribution in [2.24, 2.45) is 11.3 Å². The van der Waals surface area contributed by atoms with E-state index in [0.717, 1.165) is 55.0 Å². The van der Waals surface area contributed by atoms with Crippen LogP contribution in [0.1, 0.15) is 64.4 Å². The lowest BCUT2D eigenvalue weighted by atomic mass is 9.76. The molecule has 2 aromatic rings. The van der Waals surface area contributed by atoms with Crippen LogP contribution in [0, 0.1) is 18.3 Å². The van der Waals surface area contributed by atoms with E-state index in [-0.39, 0.29) is 23.8 Å². The molecule has 1 fully saturated rings. The van der Waals surface area contributed by atoms with Crippen LogP contribution in [0.5, 0.6) is 5.75 Å². The van der Waals surface area contributed by atoms with E-state index < -0.39 is 5.97 Å². The Hall–Kier alpha value is -2.87. The molecule has 2 aliphatic rings. The number of para-hydroxylation sites is 1. The van der Waals surface area contributed by atoms with Gasteiger partial charge in [0.1, 0.15) is 11.3 Å². The van der Waals surface area contributed by atoms with E-state index in [0.29, 0.717) is 30.8 Å². The topological polar surface area (TPSA) is 91.7 Å². The monoisotopic (exact) mass is 469 g/mol. The Bertz CT molecular complexity index is 1050. The molecule has 0 saturated carbocycles. The fourth-order valence-electron chi connectivity index (χ4n) is 5.05. The van der Waals surface area contributed by atoms with E-state index in [1.165, 1.54) is 0 Å². The van der Waals surface area contributed by atoms with E-state index >= 15 is 0 Å². The Kier molecular flexibility index (Phi) is 7.26. The molecule has 3 heterocycles. The summed E-state index contributed by atoms with van der Waals surface area (Å²) in [5, 5.41) is 7.96. The van der Waals surface area contributed by atoms with Crippen LogP contribution >= 0.6 is 0 Å². The van der Waals surface area contributed by atoms with Gasteiger partial charge in [0.15, 0.2) is 0 Å². The van der Waals surface area contributed by atoms with Crippen LogP contribution in [-0.4, -0.2) is 55.1 Å². The summed E-state index contributed by atoms with van der Waals surface area (Å²) in [6.45, 7) is 8.87. The number of methoxy groups -OCH3 is 1. The van der Waals surface area contributed by atoms with Gasteiger partial charge in [-0.2, -0.15) is 5.10 Å². The molecule has 8 heteroatoms. The molecule has 0 aliphatic carbocycles. The van der Waals surface area contributed by atoms with Crippen LogP contribution in [0.25, 0.3) is 0 Å². The molecule has 0 unspecified atom stereocenters. The summed E-state index contributed by atoms with van der Waals surface area (Å²) in [5.41, 5.74) is 3.85. The Morgan fingerprint density at radius 2 is 2.09 bits per heavy atom. The minimum atomic E-state index is -0.401. The van der Waals surface area contributed by atoms with Gasteiger partial charge in [-0.05, 0) is 49.7 Å². The highest BCUT2D eigenvalue weighted by Gasteiger charge is 2.39. The molecule has 184 valence electrons. The number of hydrogen-bond acceptors (Lipinski definition) is 6. The van der Waals surface area contributed by atoms with Gasteiger partial charge in [-0.3, -0.25) is 9.48 Å². The van der Waals surface area contributed by atoms with Crippen molar-refractivity contribution in [3.05, 3.63) is 46.3 Å². The van der Waals surface area contributed by atoms with Crippen LogP contribution < -0.4 is 10.1 Å². The first-order valence-corrected chi connectivity index (χ1v) is 12.1. The number of aromatic nitrogens is 2. The van der Waals surface area contributed by atoms with Gasteiger partial charge in [0.2, 0.25) is 0 Å². The normalized spacial score (nSPS) is 18.1. The van der Waals surface area contributed by atoms with Gasteiger partial charge in [0, 0.05) is 32.2 Å². The molecule has 1 spiro atoms. The van der Waals surface area contributed by atoms with Crippen LogP contribution in [0.4, 0.5) is 0 Å². The number of ether oxygens (including phenoxy) is 3. The SMILES string of the molecule is CCc1nn(C[C@@H](C)COC(=O)c2cccc(C)c2OC)c2c1C(=O)NCC1(CCOCC1)C2. The third kappa shape index (κ3) is 4.82. The number of carbonyl (C=O) groups excluding carboxylic acids is 2. The van der Waals surface area contributed by atoms with Crippen LogP contribution in [0.15, 0.2) is 18.2 Å². The van der Waals surface area contributed by atoms with E-state index in [1.807, 2.05) is 37.6 Å². The van der Waals surface area contributed by atoms with Crippen molar-refractivity contribution in [1.82, 2.24) is 15.1 Å². The lowest BCUT2D eigenvalue weighted by Gasteiger charge is -2.36. The number of aryl methyl sites for hydroxylation is 2. The largest absolute Gasteiger partial charge is 0.496 e. The Morgan fingerprint density at radius 1 is 1.32 bits per heavy atom. The van der Waals surface area contributed by atoms with Crippen LogP contribution in [0.3, 0.4) is 0 Å². The van der Waals surface area contributed by atoms with E-state index in [4.69, 9.17) is 19.3 Å². The molecule has 0 bridgehead atoms. The molecule has 1 atom stereocenters. The van der Waals surface area contributed by atoms with Gasteiger partial charge in [0.25, 0.3) is 5.91 Å². The van der Waals surface area contributed by atoms with Crippen molar-refractivity contribution < 1.29 is 23.8 Å². The van der Waals surface area contributed by atoms with E-state index in [1.54, 1.807) is 13.2 Å². The number of carbonyl (C=O) groups is 2. The predicted molar refractivity (Wildman–Crippen MR) is 127 cm³/mol. The maximum Gasteiger partial charge on any atom is 0.341 e. The molecule has 0 radical (unpaired) electrons. The van der Waals surface area contributed by atoms with Gasteiger partial charge in [0.05, 0.1) is 30.7 Å². The smallest absolute Gasteiger partial charge is 0.341 e. The number of rotatable bonds is 7. The average molecular weight is 470 g/mol. The zero-order valence-electron chi connectivity index (χ0n) is 20.6. The predicted octanol–water partition coefficient (Wildman–Crippen LogP) is 3.34. The molecule has 1 aromatic carbocycles. The Labute approximate surface area is 201 Å². The minimum absolute atomic E-state index is 0.000614. The second-order valence-electron chi connectivity index (χ2n) is 9.64. The summed E-state index contributed by atoms with van der Waals surface area (Å²) >= 11 is 0. The minimum Gasteiger partial charge on any atom is -0.496 e. The maximum atomic E-state index is 13.0. The lowest BCUT2D eigenvalue weighted by molar-refractivity contribution is 0.0151. The average Bonchev–Trinajstić information content (AvgIpc) is 3.10. The molecule has 1 aromatic heterocycles. The third-order valence-corrected chi connectivity index (χ3v) is 7.03. The highest BCUT2D eigenvalue weighted by Crippen LogP contribution is 2.37. The molecular weight excluding hydrogens is 434 g/mol. The van der Waals surface area contributed by atoms with Crippen LogP contribution in [-0.2, 0) is 28.9 Å². The molecule has 8 nitrogen and oxygen atoms in total. The fraction of sp³-hybridized carbons (Fsp3) is 0.577. The van der Waals surface area contributed by atoms with E-state index in [2.05, 4.69) is 5.32 Å². The van der Waals surface area contributed by atoms with Crippen molar-refractivity contribution in [2.75, 3.05) is 33.5 Å². The number of esters is 1. The molecule has 2 aliphatic heterocycles. The number of benzene rings is 1. The molecule has 4 rings (SSSR count). The van der Waals surface area contributed by atoms with Gasteiger partial charge in [-0.15, -0.1) is 0 Å². The summed E-state index contributed by atoms with van der Waals surface area (Å²) in [4.78, 5) is 25.7. The van der Waals surface area contributed by atoms with Crippen molar-refractivity contribution in [1.29, 1.82) is 0 Å². The second-order valence-corrected chi connectivity index (χ2v) is 9.64. The molecule has 1 N–H and O–H groups in total. The van der Waals surface area contributed by atoms with E-state index in [9.17, 15) is 9.59 Å². The number of nitrogens with zero attached hydrogens (tertiary/aromatic N) is 2. The zero-order valence-corrected chi connectivity index (χ0v) is 20.6. The first-order valence-electron chi connectivity index (χ1n) is 12.1. The van der Waals surface area contributed by atoms with Gasteiger partial charge >= 0.3 is 5.97 Å². The van der Waals surface area contributed by atoms with Gasteiger partial charge in [-0.1, -0.05) is 26.0 Å². The Balaban J connectivity index is 1.50. The van der Waals surface area contributed by atoms with Crippen molar-refractivity contribution in [3.63, 3.8) is 0 Å². The summed E-state index contributed by atoms with van der Waals surface area (Å²) in [6, 6.07) is 5.43. The Morgan fingerprint density at radius 3 is 2.79 bits per heavy atom. The van der Waals surface area contributed by atoms with Crippen LogP contribution in [0.2, 0.25) is 0 Å². The number of amides is 1. The lowest BCUT2D eigenvalue weighted by Crippen LogP contribution is -2.41. The number of fused-ring (bicyclic) bond motifs is 1. The number of nitrogens with one attached hydrogen (secondary N) is 1. The first-order chi connectivity index (χ1) is 16.4. The highest BCUT2D eigenvalue weighted by molar-refractivity contribution is 5.97. The number of hydrogen-bond donors (Lipinski definition) is 1. The molecule has 1 amide bonds. The van der Waals surface area contributed by atoms with Gasteiger partial charge < -0.3 is 19.5 Å². The standard InChI is InChI=1S/C26H35N3O5/c1-5-20-22-21(13-26(16-27-24(22)30)9-11-33-12-10-26)29(28-20)14-17(2)15-34-25(31)19-8-6-7-18(3)23(19)32-4/h6-8,17H,5,9-16H2,1-4H3,(H,27,30)/t17-/m1/s1. The van der Waals surface area contributed by atoms with Gasteiger partial charge in [-0.25, -0.2) is 4.79 Å².